The van der Waals surface area contributed by atoms with Gasteiger partial charge in [0.15, 0.2) is 0 Å². The zero-order chi connectivity index (χ0) is 14.8. The molecule has 0 saturated heterocycles. The standard InChI is InChI=1S/C15H16N4O2/c1-18-8-7-16-15(18)14(12-4-3-9-21-12)17-11-5-6-13(20)19(2)10-11/h3-10,14,17H,1-2H3. The summed E-state index contributed by atoms with van der Waals surface area (Å²) in [6.45, 7) is 0. The average molecular weight is 284 g/mol. The van der Waals surface area contributed by atoms with E-state index in [1.165, 1.54) is 10.6 Å². The van der Waals surface area contributed by atoms with Crippen LogP contribution in [0.2, 0.25) is 0 Å². The van der Waals surface area contributed by atoms with Crippen LogP contribution in [-0.2, 0) is 14.1 Å². The minimum atomic E-state index is -0.225. The zero-order valence-corrected chi connectivity index (χ0v) is 11.9. The molecule has 0 aliphatic heterocycles. The Morgan fingerprint density at radius 3 is 2.71 bits per heavy atom. The molecular formula is C15H16N4O2. The van der Waals surface area contributed by atoms with Crippen molar-refractivity contribution >= 4 is 5.69 Å². The average Bonchev–Trinajstić information content (AvgIpc) is 3.12. The van der Waals surface area contributed by atoms with Crippen LogP contribution in [0.5, 0.6) is 0 Å². The maximum atomic E-state index is 11.5. The summed E-state index contributed by atoms with van der Waals surface area (Å²) in [5, 5.41) is 3.36. The van der Waals surface area contributed by atoms with Gasteiger partial charge < -0.3 is 18.9 Å². The van der Waals surface area contributed by atoms with Gasteiger partial charge in [-0.25, -0.2) is 4.98 Å². The van der Waals surface area contributed by atoms with Crippen LogP contribution in [0.1, 0.15) is 17.6 Å². The summed E-state index contributed by atoms with van der Waals surface area (Å²) in [4.78, 5) is 15.8. The van der Waals surface area contributed by atoms with E-state index in [-0.39, 0.29) is 11.6 Å². The Labute approximate surface area is 121 Å². The van der Waals surface area contributed by atoms with Gasteiger partial charge in [-0.15, -0.1) is 0 Å². The van der Waals surface area contributed by atoms with Crippen LogP contribution in [0.25, 0.3) is 0 Å². The third-order valence-corrected chi connectivity index (χ3v) is 3.34. The van der Waals surface area contributed by atoms with Gasteiger partial charge in [-0.1, -0.05) is 0 Å². The Morgan fingerprint density at radius 2 is 2.10 bits per heavy atom. The van der Waals surface area contributed by atoms with E-state index >= 15 is 0 Å². The number of hydrogen-bond acceptors (Lipinski definition) is 4. The molecule has 6 heteroatoms. The summed E-state index contributed by atoms with van der Waals surface area (Å²) in [6, 6.07) is 6.79. The smallest absolute Gasteiger partial charge is 0.250 e. The van der Waals surface area contributed by atoms with Gasteiger partial charge in [0.1, 0.15) is 17.6 Å². The highest BCUT2D eigenvalue weighted by Crippen LogP contribution is 2.25. The highest BCUT2D eigenvalue weighted by Gasteiger charge is 2.21. The molecule has 1 unspecified atom stereocenters. The lowest BCUT2D eigenvalue weighted by Gasteiger charge is -2.18. The fourth-order valence-electron chi connectivity index (χ4n) is 2.22. The third kappa shape index (κ3) is 2.60. The summed E-state index contributed by atoms with van der Waals surface area (Å²) < 4.78 is 8.98. The highest BCUT2D eigenvalue weighted by molar-refractivity contribution is 5.44. The second-order valence-electron chi connectivity index (χ2n) is 4.86. The molecule has 0 aromatic carbocycles. The molecule has 0 fully saturated rings. The number of nitrogens with one attached hydrogen (secondary N) is 1. The first-order valence-electron chi connectivity index (χ1n) is 6.59. The number of hydrogen-bond donors (Lipinski definition) is 1. The molecule has 3 aromatic rings. The van der Waals surface area contributed by atoms with Gasteiger partial charge in [0.2, 0.25) is 5.56 Å². The molecule has 0 aliphatic carbocycles. The second-order valence-corrected chi connectivity index (χ2v) is 4.86. The van der Waals surface area contributed by atoms with Crippen molar-refractivity contribution in [2.24, 2.45) is 14.1 Å². The molecule has 108 valence electrons. The Morgan fingerprint density at radius 1 is 1.24 bits per heavy atom. The number of anilines is 1. The summed E-state index contributed by atoms with van der Waals surface area (Å²) in [5.74, 6) is 1.59. The minimum Gasteiger partial charge on any atom is -0.467 e. The Hall–Kier alpha value is -2.76. The van der Waals surface area contributed by atoms with Crippen LogP contribution in [0.3, 0.4) is 0 Å². The molecule has 3 rings (SSSR count). The first kappa shape index (κ1) is 13.2. The summed E-state index contributed by atoms with van der Waals surface area (Å²) in [7, 11) is 3.65. The van der Waals surface area contributed by atoms with Crippen molar-refractivity contribution in [3.8, 4) is 0 Å². The largest absolute Gasteiger partial charge is 0.467 e. The predicted molar refractivity (Wildman–Crippen MR) is 79.1 cm³/mol. The Balaban J connectivity index is 1.98. The van der Waals surface area contributed by atoms with Gasteiger partial charge in [0.25, 0.3) is 0 Å². The van der Waals surface area contributed by atoms with Gasteiger partial charge in [0.05, 0.1) is 12.0 Å². The summed E-state index contributed by atoms with van der Waals surface area (Å²) >= 11 is 0. The van der Waals surface area contributed by atoms with Crippen LogP contribution in [0, 0.1) is 0 Å². The van der Waals surface area contributed by atoms with E-state index in [9.17, 15) is 4.79 Å². The fourth-order valence-corrected chi connectivity index (χ4v) is 2.22. The van der Waals surface area contributed by atoms with Crippen molar-refractivity contribution in [3.05, 3.63) is 71.1 Å². The number of nitrogens with zero attached hydrogens (tertiary/aromatic N) is 3. The van der Waals surface area contributed by atoms with Crippen molar-refractivity contribution in [2.75, 3.05) is 5.32 Å². The lowest BCUT2D eigenvalue weighted by atomic mass is 10.2. The Bertz CT molecular complexity index is 786. The van der Waals surface area contributed by atoms with Crippen molar-refractivity contribution in [1.29, 1.82) is 0 Å². The lowest BCUT2D eigenvalue weighted by Crippen LogP contribution is -2.19. The van der Waals surface area contributed by atoms with Crippen LogP contribution < -0.4 is 10.9 Å². The van der Waals surface area contributed by atoms with Crippen molar-refractivity contribution < 1.29 is 4.42 Å². The summed E-state index contributed by atoms with van der Waals surface area (Å²) in [5.41, 5.74) is 0.772. The van der Waals surface area contributed by atoms with E-state index in [0.29, 0.717) is 0 Å². The van der Waals surface area contributed by atoms with Gasteiger partial charge in [-0.3, -0.25) is 4.79 Å². The quantitative estimate of drug-likeness (QED) is 0.795. The van der Waals surface area contributed by atoms with Gasteiger partial charge >= 0.3 is 0 Å². The maximum Gasteiger partial charge on any atom is 0.250 e. The molecular weight excluding hydrogens is 268 g/mol. The number of rotatable bonds is 4. The molecule has 0 amide bonds. The van der Waals surface area contributed by atoms with Gasteiger partial charge in [-0.05, 0) is 18.2 Å². The van der Waals surface area contributed by atoms with Gasteiger partial charge in [0, 0.05) is 38.8 Å². The number of furan rings is 1. The minimum absolute atomic E-state index is 0.0490. The van der Waals surface area contributed by atoms with Gasteiger partial charge in [-0.2, -0.15) is 0 Å². The molecule has 21 heavy (non-hydrogen) atoms. The number of imidazole rings is 1. The molecule has 6 nitrogen and oxygen atoms in total. The highest BCUT2D eigenvalue weighted by atomic mass is 16.3. The maximum absolute atomic E-state index is 11.5. The number of aryl methyl sites for hydroxylation is 2. The van der Waals surface area contributed by atoms with Crippen LogP contribution >= 0.6 is 0 Å². The first-order valence-corrected chi connectivity index (χ1v) is 6.59. The molecule has 1 N–H and O–H groups in total. The molecule has 0 spiro atoms. The molecule has 0 radical (unpaired) electrons. The first-order chi connectivity index (χ1) is 10.1. The number of aromatic nitrogens is 3. The molecule has 0 aliphatic rings. The zero-order valence-electron chi connectivity index (χ0n) is 11.9. The van der Waals surface area contributed by atoms with E-state index in [0.717, 1.165) is 17.3 Å². The Kier molecular flexibility index (Phi) is 3.35. The van der Waals surface area contributed by atoms with E-state index in [2.05, 4.69) is 10.3 Å². The molecule has 0 saturated carbocycles. The van der Waals surface area contributed by atoms with E-state index < -0.39 is 0 Å². The fraction of sp³-hybridized carbons (Fsp3) is 0.200. The van der Waals surface area contributed by atoms with E-state index in [1.807, 2.05) is 29.9 Å². The molecule has 3 heterocycles. The van der Waals surface area contributed by atoms with Crippen molar-refractivity contribution in [3.63, 3.8) is 0 Å². The SMILES string of the molecule is Cn1ccnc1C(Nc1ccc(=O)n(C)c1)c1ccco1. The van der Waals surface area contributed by atoms with E-state index in [4.69, 9.17) is 4.42 Å². The third-order valence-electron chi connectivity index (χ3n) is 3.34. The summed E-state index contributed by atoms with van der Waals surface area (Å²) in [6.07, 6.45) is 7.01. The van der Waals surface area contributed by atoms with Crippen LogP contribution in [0.15, 0.2) is 58.3 Å². The second kappa shape index (κ2) is 5.32. The molecule has 3 aromatic heterocycles. The number of pyridine rings is 1. The topological polar surface area (TPSA) is 65.0 Å². The molecule has 0 bridgehead atoms. The van der Waals surface area contributed by atoms with Crippen LogP contribution in [-0.4, -0.2) is 14.1 Å². The molecule has 1 atom stereocenters. The van der Waals surface area contributed by atoms with Crippen molar-refractivity contribution in [1.82, 2.24) is 14.1 Å². The predicted octanol–water partition coefficient (Wildman–Crippen LogP) is 1.91. The lowest BCUT2D eigenvalue weighted by molar-refractivity contribution is 0.488. The van der Waals surface area contributed by atoms with E-state index in [1.54, 1.807) is 31.8 Å². The normalized spacial score (nSPS) is 12.3. The monoisotopic (exact) mass is 284 g/mol. The van der Waals surface area contributed by atoms with Crippen LogP contribution in [0.4, 0.5) is 5.69 Å². The van der Waals surface area contributed by atoms with Crippen molar-refractivity contribution in [2.45, 2.75) is 6.04 Å².